The Kier molecular flexibility index (Phi) is 6.80. The first-order valence-electron chi connectivity index (χ1n) is 13.7. The van der Waals surface area contributed by atoms with Gasteiger partial charge in [-0.05, 0) is 55.2 Å². The number of hydrogen-bond acceptors (Lipinski definition) is 4. The van der Waals surface area contributed by atoms with Crippen molar-refractivity contribution in [1.82, 2.24) is 14.5 Å². The van der Waals surface area contributed by atoms with Crippen LogP contribution in [0.5, 0.6) is 0 Å². The summed E-state index contributed by atoms with van der Waals surface area (Å²) in [5, 5.41) is -0.481. The van der Waals surface area contributed by atoms with Gasteiger partial charge in [-0.3, -0.25) is 0 Å². The normalized spacial score (nSPS) is 12.2. The van der Waals surface area contributed by atoms with Crippen LogP contribution in [-0.2, 0) is 15.4 Å². The van der Waals surface area contributed by atoms with Crippen LogP contribution < -0.4 is 0 Å². The lowest BCUT2D eigenvalue weighted by Gasteiger charge is -2.38. The molecule has 4 aromatic carbocycles. The molecule has 2 heterocycles. The Labute approximate surface area is 241 Å². The van der Waals surface area contributed by atoms with E-state index in [9.17, 15) is 8.42 Å². The van der Waals surface area contributed by atoms with E-state index in [0.29, 0.717) is 10.6 Å². The number of hydrogen-bond donors (Lipinski definition) is 0. The van der Waals surface area contributed by atoms with Crippen molar-refractivity contribution >= 4 is 21.0 Å². The molecule has 6 rings (SSSR count). The van der Waals surface area contributed by atoms with Gasteiger partial charge in [0, 0.05) is 11.8 Å². The molecule has 0 saturated heterocycles. The van der Waals surface area contributed by atoms with Gasteiger partial charge in [-0.25, -0.2) is 18.4 Å². The van der Waals surface area contributed by atoms with Crippen LogP contribution in [0.2, 0.25) is 0 Å². The highest BCUT2D eigenvalue weighted by atomic mass is 32.2. The van der Waals surface area contributed by atoms with Crippen LogP contribution in [0, 0.1) is 6.92 Å². The van der Waals surface area contributed by atoms with E-state index in [1.807, 2.05) is 18.2 Å². The molecule has 0 fully saturated rings. The van der Waals surface area contributed by atoms with Crippen LogP contribution >= 0.6 is 0 Å². The molecule has 0 N–H and O–H groups in total. The summed E-state index contributed by atoms with van der Waals surface area (Å²) in [5.74, 6) is 0. The monoisotopic (exact) mass is 557 g/mol. The zero-order valence-corrected chi connectivity index (χ0v) is 24.1. The summed E-state index contributed by atoms with van der Waals surface area (Å²) in [6.45, 7) is 5.44. The zero-order valence-electron chi connectivity index (χ0n) is 23.3. The first-order valence-corrected chi connectivity index (χ1v) is 15.2. The first-order chi connectivity index (χ1) is 19.8. The molecule has 41 heavy (non-hydrogen) atoms. The Morgan fingerprint density at radius 2 is 1.20 bits per heavy atom. The highest BCUT2D eigenvalue weighted by Gasteiger charge is 2.40. The summed E-state index contributed by atoms with van der Waals surface area (Å²) in [7, 11) is -3.35. The molecule has 5 nitrogen and oxygen atoms in total. The van der Waals surface area contributed by atoms with Gasteiger partial charge in [0.25, 0.3) is 0 Å². The smallest absolute Gasteiger partial charge is 0.180 e. The Hall–Kier alpha value is -4.55. The topological polar surface area (TPSA) is 64.8 Å². The second kappa shape index (κ2) is 10.5. The number of fused-ring (bicyclic) bond motifs is 1. The third-order valence-electron chi connectivity index (χ3n) is 7.71. The number of nitrogens with zero attached hydrogens (tertiary/aromatic N) is 3. The predicted octanol–water partition coefficient (Wildman–Crippen LogP) is 7.43. The number of rotatable bonds is 7. The SMILES string of the molecule is Cc1cn(C(c2ccccc2)(c2ccccc2)c2ccccc2)c2ncc(-c3ccc(S(=O)(=O)C(C)C)cc3)nc12. The van der Waals surface area contributed by atoms with E-state index in [0.717, 1.165) is 39.0 Å². The minimum absolute atomic E-state index is 0.311. The highest BCUT2D eigenvalue weighted by molar-refractivity contribution is 7.92. The minimum Gasteiger partial charge on any atom is -0.312 e. The maximum Gasteiger partial charge on any atom is 0.180 e. The van der Waals surface area contributed by atoms with Gasteiger partial charge < -0.3 is 4.57 Å². The van der Waals surface area contributed by atoms with Crippen LogP contribution in [0.25, 0.3) is 22.4 Å². The van der Waals surface area contributed by atoms with E-state index in [1.165, 1.54) is 0 Å². The molecule has 6 aromatic rings. The van der Waals surface area contributed by atoms with Crippen molar-refractivity contribution in [2.75, 3.05) is 0 Å². The molecule has 0 radical (unpaired) electrons. The summed E-state index contributed by atoms with van der Waals surface area (Å²) >= 11 is 0. The van der Waals surface area contributed by atoms with Gasteiger partial charge in [0.15, 0.2) is 15.5 Å². The summed E-state index contributed by atoms with van der Waals surface area (Å²) < 4.78 is 27.5. The molecule has 0 unspecified atom stereocenters. The van der Waals surface area contributed by atoms with Crippen molar-refractivity contribution in [3.8, 4) is 11.3 Å². The highest BCUT2D eigenvalue weighted by Crippen LogP contribution is 2.43. The van der Waals surface area contributed by atoms with E-state index >= 15 is 0 Å². The quantitative estimate of drug-likeness (QED) is 0.192. The fourth-order valence-electron chi connectivity index (χ4n) is 5.58. The average Bonchev–Trinajstić information content (AvgIpc) is 3.35. The van der Waals surface area contributed by atoms with Crippen molar-refractivity contribution in [1.29, 1.82) is 0 Å². The van der Waals surface area contributed by atoms with Crippen molar-refractivity contribution in [3.05, 3.63) is 150 Å². The van der Waals surface area contributed by atoms with Gasteiger partial charge in [0.1, 0.15) is 11.1 Å². The fourth-order valence-corrected chi connectivity index (χ4v) is 6.64. The zero-order chi connectivity index (χ0) is 28.6. The van der Waals surface area contributed by atoms with Crippen molar-refractivity contribution in [3.63, 3.8) is 0 Å². The van der Waals surface area contributed by atoms with Crippen LogP contribution in [0.3, 0.4) is 0 Å². The van der Waals surface area contributed by atoms with Gasteiger partial charge in [0.05, 0.1) is 22.0 Å². The molecule has 0 aliphatic carbocycles. The molecule has 2 aromatic heterocycles. The minimum atomic E-state index is -3.35. The van der Waals surface area contributed by atoms with Gasteiger partial charge in [-0.15, -0.1) is 0 Å². The number of aromatic nitrogens is 3. The van der Waals surface area contributed by atoms with Crippen LogP contribution in [-0.4, -0.2) is 28.2 Å². The lowest BCUT2D eigenvalue weighted by molar-refractivity contribution is 0.529. The molecular formula is C35H31N3O2S. The van der Waals surface area contributed by atoms with E-state index in [4.69, 9.17) is 9.97 Å². The van der Waals surface area contributed by atoms with E-state index < -0.39 is 20.6 Å². The lowest BCUT2D eigenvalue weighted by atomic mass is 9.76. The molecular weight excluding hydrogens is 526 g/mol. The molecule has 0 aliphatic rings. The van der Waals surface area contributed by atoms with Crippen molar-refractivity contribution in [2.24, 2.45) is 0 Å². The van der Waals surface area contributed by atoms with Gasteiger partial charge in [-0.2, -0.15) is 0 Å². The van der Waals surface area contributed by atoms with Crippen LogP contribution in [0.4, 0.5) is 0 Å². The number of sulfone groups is 1. The summed E-state index contributed by atoms with van der Waals surface area (Å²) in [5.41, 5.74) is 6.72. The maximum absolute atomic E-state index is 12.6. The van der Waals surface area contributed by atoms with Crippen LogP contribution in [0.15, 0.2) is 133 Å². The second-order valence-electron chi connectivity index (χ2n) is 10.5. The molecule has 0 bridgehead atoms. The third kappa shape index (κ3) is 4.45. The number of benzene rings is 4. The molecule has 204 valence electrons. The van der Waals surface area contributed by atoms with Crippen LogP contribution in [0.1, 0.15) is 36.1 Å². The van der Waals surface area contributed by atoms with Gasteiger partial charge in [0.2, 0.25) is 0 Å². The number of aryl methyl sites for hydroxylation is 1. The fraction of sp³-hybridized carbons (Fsp3) is 0.143. The summed E-state index contributed by atoms with van der Waals surface area (Å²) in [6, 6.07) is 38.4. The van der Waals surface area contributed by atoms with E-state index in [1.54, 1.807) is 44.3 Å². The summed E-state index contributed by atoms with van der Waals surface area (Å²) in [6.07, 6.45) is 3.91. The van der Waals surface area contributed by atoms with Crippen molar-refractivity contribution < 1.29 is 8.42 Å². The average molecular weight is 558 g/mol. The Balaban J connectivity index is 1.58. The Morgan fingerprint density at radius 3 is 1.66 bits per heavy atom. The van der Waals surface area contributed by atoms with E-state index in [2.05, 4.69) is 90.5 Å². The lowest BCUT2D eigenvalue weighted by Crippen LogP contribution is -2.37. The largest absolute Gasteiger partial charge is 0.312 e. The maximum atomic E-state index is 12.6. The van der Waals surface area contributed by atoms with E-state index in [-0.39, 0.29) is 0 Å². The van der Waals surface area contributed by atoms with Gasteiger partial charge >= 0.3 is 0 Å². The first kappa shape index (κ1) is 26.7. The van der Waals surface area contributed by atoms with Crippen molar-refractivity contribution in [2.45, 2.75) is 36.5 Å². The molecule has 6 heteroatoms. The van der Waals surface area contributed by atoms with Gasteiger partial charge in [-0.1, -0.05) is 103 Å². The standard InChI is InChI=1S/C35H31N3O2S/c1-25(2)41(39,40)31-21-19-27(20-22-31)32-23-36-34-33(37-32)26(3)24-38(34)35(28-13-7-4-8-14-28,29-15-9-5-10-16-29)30-17-11-6-12-18-30/h4-25H,1-3H3. The Bertz CT molecular complexity index is 1820. The molecule has 0 amide bonds. The second-order valence-corrected chi connectivity index (χ2v) is 13.0. The molecule has 0 saturated carbocycles. The third-order valence-corrected chi connectivity index (χ3v) is 9.88. The molecule has 0 aliphatic heterocycles. The molecule has 0 atom stereocenters. The Morgan fingerprint density at radius 1 is 0.707 bits per heavy atom. The summed E-state index contributed by atoms with van der Waals surface area (Å²) in [4.78, 5) is 10.4. The molecule has 0 spiro atoms. The predicted molar refractivity (Wildman–Crippen MR) is 165 cm³/mol.